The first-order valence-electron chi connectivity index (χ1n) is 6.35. The van der Waals surface area contributed by atoms with Crippen molar-refractivity contribution in [1.29, 1.82) is 5.41 Å². The molecule has 0 radical (unpaired) electrons. The Morgan fingerprint density at radius 3 is 2.38 bits per heavy atom. The van der Waals surface area contributed by atoms with Crippen LogP contribution in [0, 0.1) is 19.3 Å². The molecule has 1 aromatic heterocycles. The van der Waals surface area contributed by atoms with Gasteiger partial charge in [-0.3, -0.25) is 5.41 Å². The lowest BCUT2D eigenvalue weighted by Crippen LogP contribution is -2.16. The van der Waals surface area contributed by atoms with E-state index in [0.29, 0.717) is 17.2 Å². The van der Waals surface area contributed by atoms with Crippen LogP contribution in [0.4, 0.5) is 0 Å². The zero-order valence-electron chi connectivity index (χ0n) is 11.9. The molecule has 112 valence electrons. The summed E-state index contributed by atoms with van der Waals surface area (Å²) in [6.45, 7) is 3.80. The van der Waals surface area contributed by atoms with Crippen LogP contribution < -0.4 is 5.73 Å². The molecule has 3 N–H and O–H groups in total. The van der Waals surface area contributed by atoms with Gasteiger partial charge in [-0.05, 0) is 26.0 Å². The predicted molar refractivity (Wildman–Crippen MR) is 79.0 cm³/mol. The van der Waals surface area contributed by atoms with Gasteiger partial charge in [0.2, 0.25) is 0 Å². The van der Waals surface area contributed by atoms with Gasteiger partial charge in [0.1, 0.15) is 17.5 Å². The van der Waals surface area contributed by atoms with E-state index >= 15 is 0 Å². The molecule has 0 aliphatic carbocycles. The number of nitrogen functional groups attached to an aromatic ring is 1. The van der Waals surface area contributed by atoms with Crippen LogP contribution >= 0.6 is 0 Å². The van der Waals surface area contributed by atoms with Crippen molar-refractivity contribution in [2.24, 2.45) is 5.73 Å². The number of aryl methyl sites for hydroxylation is 3. The van der Waals surface area contributed by atoms with Crippen molar-refractivity contribution in [3.63, 3.8) is 0 Å². The van der Waals surface area contributed by atoms with Gasteiger partial charge in [-0.2, -0.15) is 5.10 Å². The maximum atomic E-state index is 12.3. The number of hydrogen-bond acceptors (Lipinski definition) is 5. The van der Waals surface area contributed by atoms with Gasteiger partial charge in [0.25, 0.3) is 0 Å². The Morgan fingerprint density at radius 1 is 1.29 bits per heavy atom. The number of benzene rings is 1. The fourth-order valence-corrected chi connectivity index (χ4v) is 3.14. The molecule has 0 aliphatic heterocycles. The number of rotatable bonds is 5. The summed E-state index contributed by atoms with van der Waals surface area (Å²) in [6.07, 6.45) is 0. The summed E-state index contributed by atoms with van der Waals surface area (Å²) in [6, 6.07) is 5.98. The highest BCUT2D eigenvalue weighted by atomic mass is 32.2. The zero-order chi connectivity index (χ0) is 15.6. The molecule has 2 aromatic rings. The lowest BCUT2D eigenvalue weighted by atomic mass is 10.2. The lowest BCUT2D eigenvalue weighted by molar-refractivity contribution is 0.575. The third-order valence-electron chi connectivity index (χ3n) is 3.06. The van der Waals surface area contributed by atoms with Gasteiger partial charge in [0.05, 0.1) is 17.2 Å². The molecule has 0 spiro atoms. The van der Waals surface area contributed by atoms with Crippen molar-refractivity contribution < 1.29 is 8.42 Å². The highest BCUT2D eigenvalue weighted by Crippen LogP contribution is 2.13. The number of nitrogens with two attached hydrogens (primary N) is 1. The van der Waals surface area contributed by atoms with Crippen LogP contribution in [0.2, 0.25) is 0 Å². The Hall–Kier alpha value is -2.22. The number of aromatic nitrogens is 3. The van der Waals surface area contributed by atoms with Gasteiger partial charge in [-0.25, -0.2) is 18.1 Å². The van der Waals surface area contributed by atoms with E-state index in [1.54, 1.807) is 18.5 Å². The molecular formula is C13H17N5O2S. The van der Waals surface area contributed by atoms with E-state index in [0.717, 1.165) is 0 Å². The summed E-state index contributed by atoms with van der Waals surface area (Å²) >= 11 is 0. The molecule has 0 amide bonds. The molecule has 7 nitrogen and oxygen atoms in total. The average molecular weight is 307 g/mol. The van der Waals surface area contributed by atoms with Crippen molar-refractivity contribution in [2.45, 2.75) is 25.3 Å². The monoisotopic (exact) mass is 307 g/mol. The normalized spacial score (nSPS) is 11.5. The maximum Gasteiger partial charge on any atom is 0.180 e. The Bertz CT molecular complexity index is 762. The summed E-state index contributed by atoms with van der Waals surface area (Å²) in [5.41, 5.74) is 5.84. The van der Waals surface area contributed by atoms with E-state index in [1.165, 1.54) is 24.3 Å². The van der Waals surface area contributed by atoms with Crippen LogP contribution in [0.15, 0.2) is 29.2 Å². The van der Waals surface area contributed by atoms with E-state index in [2.05, 4.69) is 10.1 Å². The quantitative estimate of drug-likeness (QED) is 0.622. The molecule has 0 saturated carbocycles. The van der Waals surface area contributed by atoms with Crippen LogP contribution in [0.25, 0.3) is 0 Å². The number of hydrogen-bond donors (Lipinski definition) is 2. The third-order valence-corrected chi connectivity index (χ3v) is 4.77. The highest BCUT2D eigenvalue weighted by molar-refractivity contribution is 7.91. The van der Waals surface area contributed by atoms with Crippen molar-refractivity contribution >= 4 is 15.7 Å². The molecule has 0 unspecified atom stereocenters. The average Bonchev–Trinajstić information content (AvgIpc) is 2.75. The molecule has 1 heterocycles. The van der Waals surface area contributed by atoms with Crippen LogP contribution in [-0.2, 0) is 16.4 Å². The van der Waals surface area contributed by atoms with Crippen molar-refractivity contribution in [1.82, 2.24) is 14.8 Å². The highest BCUT2D eigenvalue weighted by Gasteiger charge is 2.16. The number of nitrogens with zero attached hydrogens (tertiary/aromatic N) is 3. The lowest BCUT2D eigenvalue weighted by Gasteiger charge is -2.06. The molecule has 0 fully saturated rings. The van der Waals surface area contributed by atoms with Crippen molar-refractivity contribution in [3.8, 4) is 0 Å². The number of amidine groups is 1. The number of sulfone groups is 1. The third kappa shape index (κ3) is 3.46. The summed E-state index contributed by atoms with van der Waals surface area (Å²) < 4.78 is 26.1. The minimum absolute atomic E-state index is 0.0595. The Kier molecular flexibility index (Phi) is 4.08. The van der Waals surface area contributed by atoms with E-state index in [-0.39, 0.29) is 23.0 Å². The molecule has 21 heavy (non-hydrogen) atoms. The first-order valence-corrected chi connectivity index (χ1v) is 8.00. The minimum Gasteiger partial charge on any atom is -0.384 e. The summed E-state index contributed by atoms with van der Waals surface area (Å²) in [7, 11) is -3.41. The molecule has 0 aliphatic rings. The minimum atomic E-state index is -3.41. The van der Waals surface area contributed by atoms with Crippen LogP contribution in [0.5, 0.6) is 0 Å². The van der Waals surface area contributed by atoms with Crippen LogP contribution in [-0.4, -0.2) is 34.8 Å². The summed E-state index contributed by atoms with van der Waals surface area (Å²) in [4.78, 5) is 4.35. The van der Waals surface area contributed by atoms with Crippen molar-refractivity contribution in [3.05, 3.63) is 41.5 Å². The standard InChI is InChI=1S/C13H17N5O2S/c1-9-16-10(2)18(17-9)7-8-21(19,20)12-5-3-11(4-6-12)13(14)15/h3-6H,7-8H2,1-2H3,(H3,14,15). The fraction of sp³-hybridized carbons (Fsp3) is 0.308. The van der Waals surface area contributed by atoms with E-state index in [9.17, 15) is 8.42 Å². The summed E-state index contributed by atoms with van der Waals surface area (Å²) in [5.74, 6) is 1.16. The smallest absolute Gasteiger partial charge is 0.180 e. The maximum absolute atomic E-state index is 12.3. The van der Waals surface area contributed by atoms with Gasteiger partial charge in [-0.15, -0.1) is 0 Å². The largest absolute Gasteiger partial charge is 0.384 e. The molecule has 0 saturated heterocycles. The van der Waals surface area contributed by atoms with Gasteiger partial charge >= 0.3 is 0 Å². The van der Waals surface area contributed by atoms with Gasteiger partial charge < -0.3 is 5.73 Å². The molecule has 0 atom stereocenters. The SMILES string of the molecule is Cc1nc(C)n(CCS(=O)(=O)c2ccc(C(=N)N)cc2)n1. The molecule has 2 rings (SSSR count). The Morgan fingerprint density at radius 2 is 1.90 bits per heavy atom. The van der Waals surface area contributed by atoms with Gasteiger partial charge in [0.15, 0.2) is 9.84 Å². The second-order valence-corrected chi connectivity index (χ2v) is 6.80. The van der Waals surface area contributed by atoms with Crippen molar-refractivity contribution in [2.75, 3.05) is 5.75 Å². The van der Waals surface area contributed by atoms with E-state index in [4.69, 9.17) is 11.1 Å². The Labute approximate surface area is 123 Å². The summed E-state index contributed by atoms with van der Waals surface area (Å²) in [5, 5.41) is 11.4. The molecule has 8 heteroatoms. The molecule has 0 bridgehead atoms. The number of nitrogens with one attached hydrogen (secondary N) is 1. The molecule has 1 aromatic carbocycles. The second-order valence-electron chi connectivity index (χ2n) is 4.69. The van der Waals surface area contributed by atoms with Gasteiger partial charge in [-0.1, -0.05) is 12.1 Å². The first-order chi connectivity index (χ1) is 9.79. The predicted octanol–water partition coefficient (Wildman–Crippen LogP) is 0.653. The van der Waals surface area contributed by atoms with Crippen LogP contribution in [0.1, 0.15) is 17.2 Å². The fourth-order valence-electron chi connectivity index (χ4n) is 1.94. The second kappa shape index (κ2) is 5.65. The molecular weight excluding hydrogens is 290 g/mol. The van der Waals surface area contributed by atoms with Crippen LogP contribution in [0.3, 0.4) is 0 Å². The zero-order valence-corrected chi connectivity index (χ0v) is 12.7. The first kappa shape index (κ1) is 15.2. The van der Waals surface area contributed by atoms with E-state index in [1.807, 2.05) is 0 Å². The topological polar surface area (TPSA) is 115 Å². The van der Waals surface area contributed by atoms with E-state index < -0.39 is 9.84 Å². The Balaban J connectivity index is 2.14. The van der Waals surface area contributed by atoms with Gasteiger partial charge in [0, 0.05) is 5.56 Å².